The fourth-order valence-electron chi connectivity index (χ4n) is 3.78. The lowest BCUT2D eigenvalue weighted by Gasteiger charge is -2.40. The molecule has 1 atom stereocenters. The van der Waals surface area contributed by atoms with E-state index in [0.717, 1.165) is 69.2 Å². The van der Waals surface area contributed by atoms with Gasteiger partial charge in [0.2, 0.25) is 0 Å². The number of phosphoric acid groups is 1. The molecule has 0 saturated carbocycles. The standard InChI is InChI=1S/C23H46NO6P/c1-6-9-16-24(17-10-7-2,18-11-8-3)19-15-22(30-31(26,27)28)14-12-13-20-29-23(25)21(4)5/h22H,4,6-20H2,1-3,5H3,(H-,26,27,28)/p+1. The van der Waals surface area contributed by atoms with Gasteiger partial charge < -0.3 is 19.0 Å². The number of esters is 1. The summed E-state index contributed by atoms with van der Waals surface area (Å²) >= 11 is 0. The third kappa shape index (κ3) is 15.7. The molecule has 0 rings (SSSR count). The predicted molar refractivity (Wildman–Crippen MR) is 126 cm³/mol. The second-order valence-corrected chi connectivity index (χ2v) is 9.91. The van der Waals surface area contributed by atoms with Crippen LogP contribution in [0.5, 0.6) is 0 Å². The molecule has 31 heavy (non-hydrogen) atoms. The first-order valence-corrected chi connectivity index (χ1v) is 13.5. The van der Waals surface area contributed by atoms with E-state index < -0.39 is 19.9 Å². The van der Waals surface area contributed by atoms with Gasteiger partial charge in [-0.3, -0.25) is 4.52 Å². The minimum atomic E-state index is -4.56. The molecule has 0 fully saturated rings. The Labute approximate surface area is 190 Å². The number of rotatable bonds is 20. The van der Waals surface area contributed by atoms with E-state index in [9.17, 15) is 19.1 Å². The van der Waals surface area contributed by atoms with Gasteiger partial charge in [-0.05, 0) is 45.4 Å². The van der Waals surface area contributed by atoms with Gasteiger partial charge in [-0.15, -0.1) is 0 Å². The van der Waals surface area contributed by atoms with Crippen LogP contribution in [0.15, 0.2) is 12.2 Å². The second-order valence-electron chi connectivity index (χ2n) is 8.72. The van der Waals surface area contributed by atoms with E-state index >= 15 is 0 Å². The number of phosphoric ester groups is 1. The Morgan fingerprint density at radius 2 is 1.42 bits per heavy atom. The first-order chi connectivity index (χ1) is 14.6. The number of hydrogen-bond donors (Lipinski definition) is 2. The van der Waals surface area contributed by atoms with Crippen molar-refractivity contribution in [3.05, 3.63) is 12.2 Å². The number of carbonyl (C=O) groups is 1. The summed E-state index contributed by atoms with van der Waals surface area (Å²) in [5.41, 5.74) is 0.364. The largest absolute Gasteiger partial charge is 0.469 e. The van der Waals surface area contributed by atoms with Gasteiger partial charge in [-0.1, -0.05) is 46.6 Å². The van der Waals surface area contributed by atoms with Crippen molar-refractivity contribution in [3.8, 4) is 0 Å². The molecule has 0 heterocycles. The van der Waals surface area contributed by atoms with Gasteiger partial charge in [-0.25, -0.2) is 9.36 Å². The number of ether oxygens (including phenoxy) is 1. The summed E-state index contributed by atoms with van der Waals surface area (Å²) in [4.78, 5) is 30.2. The van der Waals surface area contributed by atoms with Crippen LogP contribution in [-0.4, -0.2) is 59.1 Å². The molecule has 0 bridgehead atoms. The zero-order chi connectivity index (χ0) is 23.8. The number of quaternary nitrogens is 1. The quantitative estimate of drug-likeness (QED) is 0.0828. The maximum Gasteiger partial charge on any atom is 0.469 e. The lowest BCUT2D eigenvalue weighted by molar-refractivity contribution is -0.929. The van der Waals surface area contributed by atoms with E-state index in [1.165, 1.54) is 0 Å². The molecule has 0 aliphatic rings. The Balaban J connectivity index is 4.98. The molecule has 8 heteroatoms. The monoisotopic (exact) mass is 464 g/mol. The Bertz CT molecular complexity index is 526. The van der Waals surface area contributed by atoms with Crippen LogP contribution < -0.4 is 0 Å². The van der Waals surface area contributed by atoms with Crippen LogP contribution in [0.4, 0.5) is 0 Å². The number of unbranched alkanes of at least 4 members (excludes halogenated alkanes) is 4. The SMILES string of the molecule is C=C(C)C(=O)OCCCCC(CC[N+](CCCC)(CCCC)CCCC)OP(=O)(O)O. The first kappa shape index (κ1) is 30.3. The van der Waals surface area contributed by atoms with E-state index in [1.807, 2.05) is 0 Å². The summed E-state index contributed by atoms with van der Waals surface area (Å²) in [6.07, 6.45) is 8.85. The molecule has 0 saturated heterocycles. The van der Waals surface area contributed by atoms with Crippen molar-refractivity contribution in [2.45, 2.75) is 98.0 Å². The average Bonchev–Trinajstić information content (AvgIpc) is 2.70. The molecule has 1 unspecified atom stereocenters. The van der Waals surface area contributed by atoms with Gasteiger partial charge in [-0.2, -0.15) is 0 Å². The van der Waals surface area contributed by atoms with Crippen molar-refractivity contribution in [2.75, 3.05) is 32.8 Å². The molecule has 0 amide bonds. The summed E-state index contributed by atoms with van der Waals surface area (Å²) in [7, 11) is -4.56. The Kier molecular flexibility index (Phi) is 16.5. The predicted octanol–water partition coefficient (Wildman–Crippen LogP) is 5.36. The normalized spacial score (nSPS) is 13.2. The van der Waals surface area contributed by atoms with Gasteiger partial charge in [0.05, 0.1) is 38.9 Å². The van der Waals surface area contributed by atoms with Crippen LogP contribution in [0, 0.1) is 0 Å². The summed E-state index contributed by atoms with van der Waals surface area (Å²) in [5.74, 6) is -0.409. The van der Waals surface area contributed by atoms with E-state index in [-0.39, 0.29) is 6.61 Å². The molecule has 0 aliphatic heterocycles. The highest BCUT2D eigenvalue weighted by atomic mass is 31.2. The number of carbonyl (C=O) groups excluding carboxylic acids is 1. The Morgan fingerprint density at radius 1 is 0.903 bits per heavy atom. The lowest BCUT2D eigenvalue weighted by atomic mass is 10.1. The van der Waals surface area contributed by atoms with Crippen LogP contribution in [-0.2, 0) is 18.6 Å². The third-order valence-electron chi connectivity index (χ3n) is 5.67. The van der Waals surface area contributed by atoms with Crippen molar-refractivity contribution in [3.63, 3.8) is 0 Å². The zero-order valence-corrected chi connectivity index (χ0v) is 21.2. The Morgan fingerprint density at radius 3 is 1.84 bits per heavy atom. The van der Waals surface area contributed by atoms with Gasteiger partial charge in [0.1, 0.15) is 0 Å². The molecular formula is C23H47NO6P+. The van der Waals surface area contributed by atoms with Gasteiger partial charge >= 0.3 is 13.8 Å². The molecule has 0 aromatic heterocycles. The molecule has 0 spiro atoms. The minimum absolute atomic E-state index is 0.276. The highest BCUT2D eigenvalue weighted by Gasteiger charge is 2.29. The molecule has 2 N–H and O–H groups in total. The van der Waals surface area contributed by atoms with Crippen LogP contribution in [0.1, 0.15) is 91.9 Å². The van der Waals surface area contributed by atoms with Crippen molar-refractivity contribution in [1.82, 2.24) is 0 Å². The maximum atomic E-state index is 11.5. The van der Waals surface area contributed by atoms with Crippen molar-refractivity contribution in [2.24, 2.45) is 0 Å². The molecule has 184 valence electrons. The molecular weight excluding hydrogens is 417 g/mol. The molecule has 0 aromatic carbocycles. The fraction of sp³-hybridized carbons (Fsp3) is 0.870. The molecule has 0 aromatic rings. The van der Waals surface area contributed by atoms with Crippen LogP contribution >= 0.6 is 7.82 Å². The summed E-state index contributed by atoms with van der Waals surface area (Å²) in [6, 6.07) is 0. The fourth-order valence-corrected chi connectivity index (χ4v) is 4.37. The van der Waals surface area contributed by atoms with Crippen molar-refractivity contribution >= 4 is 13.8 Å². The van der Waals surface area contributed by atoms with E-state index in [4.69, 9.17) is 9.26 Å². The van der Waals surface area contributed by atoms with E-state index in [1.54, 1.807) is 6.92 Å². The molecule has 0 aliphatic carbocycles. The van der Waals surface area contributed by atoms with Gasteiger partial charge in [0, 0.05) is 12.0 Å². The highest BCUT2D eigenvalue weighted by Crippen LogP contribution is 2.39. The summed E-state index contributed by atoms with van der Waals surface area (Å²) in [5, 5.41) is 0. The minimum Gasteiger partial charge on any atom is -0.462 e. The molecule has 0 radical (unpaired) electrons. The van der Waals surface area contributed by atoms with Gasteiger partial charge in [0.25, 0.3) is 0 Å². The average molecular weight is 465 g/mol. The van der Waals surface area contributed by atoms with Crippen LogP contribution in [0.25, 0.3) is 0 Å². The van der Waals surface area contributed by atoms with Crippen LogP contribution in [0.3, 0.4) is 0 Å². The van der Waals surface area contributed by atoms with Crippen molar-refractivity contribution in [1.29, 1.82) is 0 Å². The summed E-state index contributed by atoms with van der Waals surface area (Å²) < 4.78 is 22.8. The van der Waals surface area contributed by atoms with E-state index in [2.05, 4.69) is 27.4 Å². The second kappa shape index (κ2) is 16.8. The summed E-state index contributed by atoms with van der Waals surface area (Å²) in [6.45, 7) is 16.2. The Hall–Kier alpha value is -0.720. The molecule has 7 nitrogen and oxygen atoms in total. The topological polar surface area (TPSA) is 93.1 Å². The maximum absolute atomic E-state index is 11.5. The third-order valence-corrected chi connectivity index (χ3v) is 6.24. The van der Waals surface area contributed by atoms with Crippen molar-refractivity contribution < 1.29 is 32.9 Å². The number of nitrogens with zero attached hydrogens (tertiary/aromatic N) is 1. The van der Waals surface area contributed by atoms with Gasteiger partial charge in [0.15, 0.2) is 0 Å². The highest BCUT2D eigenvalue weighted by molar-refractivity contribution is 7.46. The van der Waals surface area contributed by atoms with E-state index in [0.29, 0.717) is 31.3 Å². The first-order valence-electron chi connectivity index (χ1n) is 12.0. The number of hydrogen-bond acceptors (Lipinski definition) is 4. The zero-order valence-electron chi connectivity index (χ0n) is 20.3. The smallest absolute Gasteiger partial charge is 0.462 e. The van der Waals surface area contributed by atoms with Crippen LogP contribution in [0.2, 0.25) is 0 Å². The lowest BCUT2D eigenvalue weighted by Crippen LogP contribution is -2.51.